The van der Waals surface area contributed by atoms with Crippen molar-refractivity contribution in [3.8, 4) is 0 Å². The molecule has 4 heteroatoms. The molecule has 4 nitrogen and oxygen atoms in total. The molecular weight excluding hydrogens is 228 g/mol. The molecule has 0 bridgehead atoms. The summed E-state index contributed by atoms with van der Waals surface area (Å²) in [6.45, 7) is 0. The first-order valence-corrected chi connectivity index (χ1v) is 5.52. The standard InChI is InChI=1S/2C7H5NO/c2*1-2-4-7-6(3-1)5-9-8-7/h2*1-5H. The summed E-state index contributed by atoms with van der Waals surface area (Å²) in [5.41, 5.74) is 1.83. The van der Waals surface area contributed by atoms with Crippen molar-refractivity contribution < 1.29 is 9.05 Å². The average Bonchev–Trinajstić information content (AvgIpc) is 3.08. The monoisotopic (exact) mass is 238 g/mol. The lowest BCUT2D eigenvalue weighted by molar-refractivity contribution is 0.428. The van der Waals surface area contributed by atoms with Crippen LogP contribution in [-0.4, -0.2) is 10.3 Å². The first-order chi connectivity index (χ1) is 8.93. The highest BCUT2D eigenvalue weighted by molar-refractivity contribution is 5.77. The van der Waals surface area contributed by atoms with E-state index >= 15 is 0 Å². The van der Waals surface area contributed by atoms with E-state index in [-0.39, 0.29) is 0 Å². The van der Waals surface area contributed by atoms with Gasteiger partial charge in [-0.1, -0.05) is 34.6 Å². The van der Waals surface area contributed by atoms with Crippen molar-refractivity contribution in [1.29, 1.82) is 0 Å². The number of benzene rings is 2. The van der Waals surface area contributed by atoms with Gasteiger partial charge in [-0.25, -0.2) is 0 Å². The average molecular weight is 238 g/mol. The van der Waals surface area contributed by atoms with Gasteiger partial charge in [0.05, 0.1) is 0 Å². The van der Waals surface area contributed by atoms with Gasteiger partial charge < -0.3 is 9.05 Å². The highest BCUT2D eigenvalue weighted by Crippen LogP contribution is 2.09. The molecule has 0 fully saturated rings. The molecule has 2 heterocycles. The highest BCUT2D eigenvalue weighted by Gasteiger charge is 1.92. The van der Waals surface area contributed by atoms with E-state index in [1.54, 1.807) is 12.5 Å². The van der Waals surface area contributed by atoms with Crippen LogP contribution in [0.5, 0.6) is 0 Å². The van der Waals surface area contributed by atoms with Crippen LogP contribution in [0, 0.1) is 0 Å². The van der Waals surface area contributed by atoms with Crippen LogP contribution in [0.4, 0.5) is 0 Å². The summed E-state index contributed by atoms with van der Waals surface area (Å²) in [6, 6.07) is 15.5. The Bertz CT molecular complexity index is 632. The molecule has 0 atom stereocenters. The quantitative estimate of drug-likeness (QED) is 0.469. The van der Waals surface area contributed by atoms with E-state index in [1.807, 2.05) is 48.5 Å². The Hall–Kier alpha value is -2.62. The van der Waals surface area contributed by atoms with Gasteiger partial charge in [-0.2, -0.15) is 0 Å². The van der Waals surface area contributed by atoms with Gasteiger partial charge in [0.15, 0.2) is 0 Å². The summed E-state index contributed by atoms with van der Waals surface area (Å²) >= 11 is 0. The molecule has 0 aliphatic rings. The summed E-state index contributed by atoms with van der Waals surface area (Å²) in [5, 5.41) is 9.59. The molecule has 0 aliphatic carbocycles. The zero-order valence-electron chi connectivity index (χ0n) is 9.48. The lowest BCUT2D eigenvalue weighted by Gasteiger charge is -1.78. The molecule has 18 heavy (non-hydrogen) atoms. The van der Waals surface area contributed by atoms with Crippen LogP contribution in [0.1, 0.15) is 0 Å². The Balaban J connectivity index is 0.000000111. The van der Waals surface area contributed by atoms with Gasteiger partial charge in [0.25, 0.3) is 0 Å². The van der Waals surface area contributed by atoms with Crippen LogP contribution in [0.15, 0.2) is 70.1 Å². The minimum absolute atomic E-state index is 0.914. The molecule has 0 saturated heterocycles. The zero-order chi connectivity index (χ0) is 12.2. The van der Waals surface area contributed by atoms with E-state index in [0.29, 0.717) is 0 Å². The van der Waals surface area contributed by atoms with Crippen LogP contribution in [0.3, 0.4) is 0 Å². The van der Waals surface area contributed by atoms with E-state index in [2.05, 4.69) is 10.3 Å². The molecule has 0 N–H and O–H groups in total. The Morgan fingerprint density at radius 2 is 1.06 bits per heavy atom. The summed E-state index contributed by atoms with van der Waals surface area (Å²) in [4.78, 5) is 0. The SMILES string of the molecule is c1ccc2nocc2c1.c1ccc2nocc2c1. The lowest BCUT2D eigenvalue weighted by Crippen LogP contribution is -1.61. The van der Waals surface area contributed by atoms with E-state index in [0.717, 1.165) is 21.8 Å². The van der Waals surface area contributed by atoms with Gasteiger partial charge in [0, 0.05) is 10.8 Å². The number of hydrogen-bond acceptors (Lipinski definition) is 4. The Labute approximate surface area is 103 Å². The molecule has 88 valence electrons. The van der Waals surface area contributed by atoms with Gasteiger partial charge >= 0.3 is 0 Å². The van der Waals surface area contributed by atoms with Crippen molar-refractivity contribution in [2.24, 2.45) is 0 Å². The van der Waals surface area contributed by atoms with Crippen molar-refractivity contribution >= 4 is 21.8 Å². The van der Waals surface area contributed by atoms with E-state index < -0.39 is 0 Å². The highest BCUT2D eigenvalue weighted by atomic mass is 16.5. The van der Waals surface area contributed by atoms with E-state index in [9.17, 15) is 0 Å². The Kier molecular flexibility index (Phi) is 2.75. The van der Waals surface area contributed by atoms with Crippen molar-refractivity contribution in [2.45, 2.75) is 0 Å². The topological polar surface area (TPSA) is 52.1 Å². The largest absolute Gasteiger partial charge is 0.364 e. The smallest absolute Gasteiger partial charge is 0.131 e. The number of hydrogen-bond donors (Lipinski definition) is 0. The Morgan fingerprint density at radius 3 is 1.50 bits per heavy atom. The Morgan fingerprint density at radius 1 is 0.611 bits per heavy atom. The van der Waals surface area contributed by atoms with Gasteiger partial charge in [0.1, 0.15) is 23.6 Å². The van der Waals surface area contributed by atoms with Crippen LogP contribution < -0.4 is 0 Å². The van der Waals surface area contributed by atoms with E-state index in [4.69, 9.17) is 9.05 Å². The van der Waals surface area contributed by atoms with Gasteiger partial charge in [-0.3, -0.25) is 0 Å². The third kappa shape index (κ3) is 2.08. The fraction of sp³-hybridized carbons (Fsp3) is 0. The van der Waals surface area contributed by atoms with Crippen LogP contribution in [-0.2, 0) is 0 Å². The van der Waals surface area contributed by atoms with Gasteiger partial charge in [-0.05, 0) is 24.3 Å². The summed E-state index contributed by atoms with van der Waals surface area (Å²) in [5.74, 6) is 0. The van der Waals surface area contributed by atoms with Crippen molar-refractivity contribution in [3.05, 3.63) is 61.1 Å². The van der Waals surface area contributed by atoms with Crippen molar-refractivity contribution in [3.63, 3.8) is 0 Å². The summed E-state index contributed by atoms with van der Waals surface area (Å²) in [7, 11) is 0. The van der Waals surface area contributed by atoms with Crippen LogP contribution in [0.2, 0.25) is 0 Å². The lowest BCUT2D eigenvalue weighted by atomic mass is 10.3. The second-order valence-corrected chi connectivity index (χ2v) is 3.75. The molecule has 4 rings (SSSR count). The molecule has 2 aromatic heterocycles. The van der Waals surface area contributed by atoms with Gasteiger partial charge in [-0.15, -0.1) is 0 Å². The first-order valence-electron chi connectivity index (χ1n) is 5.52. The molecule has 0 aliphatic heterocycles. The third-order valence-electron chi connectivity index (χ3n) is 2.53. The van der Waals surface area contributed by atoms with Gasteiger partial charge in [0.2, 0.25) is 0 Å². The number of fused-ring (bicyclic) bond motifs is 2. The molecular formula is C14H10N2O2. The molecule has 2 aromatic carbocycles. The summed E-state index contributed by atoms with van der Waals surface area (Å²) < 4.78 is 9.43. The second-order valence-electron chi connectivity index (χ2n) is 3.75. The van der Waals surface area contributed by atoms with Crippen LogP contribution in [0.25, 0.3) is 21.8 Å². The molecule has 0 amide bonds. The zero-order valence-corrected chi connectivity index (χ0v) is 9.48. The molecule has 4 aromatic rings. The maximum Gasteiger partial charge on any atom is 0.131 e. The maximum atomic E-state index is 4.71. The third-order valence-corrected chi connectivity index (χ3v) is 2.53. The first kappa shape index (κ1) is 10.5. The summed E-state index contributed by atoms with van der Waals surface area (Å²) in [6.07, 6.45) is 3.27. The van der Waals surface area contributed by atoms with Crippen molar-refractivity contribution in [2.75, 3.05) is 0 Å². The van der Waals surface area contributed by atoms with E-state index in [1.165, 1.54) is 0 Å². The van der Waals surface area contributed by atoms with Crippen molar-refractivity contribution in [1.82, 2.24) is 10.3 Å². The number of nitrogens with zero attached hydrogens (tertiary/aromatic N) is 2. The normalized spacial score (nSPS) is 10.2. The predicted molar refractivity (Wildman–Crippen MR) is 68.0 cm³/mol. The predicted octanol–water partition coefficient (Wildman–Crippen LogP) is 3.66. The fourth-order valence-corrected chi connectivity index (χ4v) is 1.62. The number of rotatable bonds is 0. The van der Waals surface area contributed by atoms with Crippen LogP contribution >= 0.6 is 0 Å². The number of aromatic nitrogens is 2. The fourth-order valence-electron chi connectivity index (χ4n) is 1.62. The second kappa shape index (κ2) is 4.71. The molecule has 0 spiro atoms. The minimum atomic E-state index is 0.914. The molecule has 0 unspecified atom stereocenters. The maximum absolute atomic E-state index is 4.71. The molecule has 0 radical (unpaired) electrons. The molecule has 0 saturated carbocycles. The minimum Gasteiger partial charge on any atom is -0.364 e.